The van der Waals surface area contributed by atoms with Crippen molar-refractivity contribution in [3.63, 3.8) is 0 Å². The lowest BCUT2D eigenvalue weighted by molar-refractivity contribution is 0.425. The summed E-state index contributed by atoms with van der Waals surface area (Å²) in [4.78, 5) is 13.8. The fraction of sp³-hybridized carbons (Fsp3) is 0.750. The molecule has 5 heteroatoms. The van der Waals surface area contributed by atoms with Crippen LogP contribution in [0.2, 0.25) is 0 Å². The lowest BCUT2D eigenvalue weighted by atomic mass is 10.3. The molecule has 0 bridgehead atoms. The number of aryl methyl sites for hydroxylation is 1. The number of aromatic nitrogens is 2. The van der Waals surface area contributed by atoms with Crippen LogP contribution in [-0.4, -0.2) is 55.1 Å². The first kappa shape index (κ1) is 16.0. The Kier molecular flexibility index (Phi) is 5.79. The Hall–Kier alpha value is -1.36. The maximum atomic E-state index is 4.72. The van der Waals surface area contributed by atoms with Gasteiger partial charge in [0.05, 0.1) is 0 Å². The molecular weight excluding hydrogens is 262 g/mol. The third-order valence-electron chi connectivity index (χ3n) is 3.68. The van der Waals surface area contributed by atoms with Crippen LogP contribution >= 0.6 is 0 Å². The average Bonchev–Trinajstić information content (AvgIpc) is 3.21. The van der Waals surface area contributed by atoms with Crippen LogP contribution in [0.4, 0.5) is 11.8 Å². The Morgan fingerprint density at radius 2 is 2.00 bits per heavy atom. The molecule has 118 valence electrons. The van der Waals surface area contributed by atoms with Crippen molar-refractivity contribution in [2.45, 2.75) is 33.1 Å². The van der Waals surface area contributed by atoms with Gasteiger partial charge in [-0.1, -0.05) is 6.92 Å². The molecule has 0 unspecified atom stereocenters. The summed E-state index contributed by atoms with van der Waals surface area (Å²) in [7, 11) is 4.14. The number of nitrogens with one attached hydrogen (secondary N) is 1. The number of rotatable bonds is 9. The maximum Gasteiger partial charge on any atom is 0.224 e. The zero-order valence-electron chi connectivity index (χ0n) is 13.9. The van der Waals surface area contributed by atoms with Crippen molar-refractivity contribution in [3.05, 3.63) is 11.8 Å². The molecule has 1 saturated carbocycles. The van der Waals surface area contributed by atoms with Gasteiger partial charge in [-0.2, -0.15) is 4.98 Å². The van der Waals surface area contributed by atoms with E-state index in [9.17, 15) is 0 Å². The number of nitrogens with zero attached hydrogens (tertiary/aromatic N) is 4. The summed E-state index contributed by atoms with van der Waals surface area (Å²) in [5.41, 5.74) is 1.03. The second kappa shape index (κ2) is 7.59. The number of likely N-dealkylation sites (N-methyl/N-ethyl adjacent to an activating group) is 1. The fourth-order valence-corrected chi connectivity index (χ4v) is 2.37. The molecule has 1 heterocycles. The highest BCUT2D eigenvalue weighted by Gasteiger charge is 2.25. The van der Waals surface area contributed by atoms with Crippen LogP contribution in [0.3, 0.4) is 0 Å². The van der Waals surface area contributed by atoms with Gasteiger partial charge in [0.15, 0.2) is 0 Å². The standard InChI is InChI=1S/C16H29N5/c1-5-9-21(12-14-6-7-14)15-11-13(2)18-16(19-15)17-8-10-20(3)4/h11,14H,5-10,12H2,1-4H3,(H,17,18,19). The van der Waals surface area contributed by atoms with Crippen molar-refractivity contribution in [2.24, 2.45) is 5.92 Å². The van der Waals surface area contributed by atoms with Crippen LogP contribution in [0.15, 0.2) is 6.07 Å². The Morgan fingerprint density at radius 1 is 1.24 bits per heavy atom. The van der Waals surface area contributed by atoms with Gasteiger partial charge in [0.2, 0.25) is 5.95 Å². The smallest absolute Gasteiger partial charge is 0.224 e. The first-order chi connectivity index (χ1) is 10.1. The highest BCUT2D eigenvalue weighted by molar-refractivity contribution is 5.45. The number of hydrogen-bond donors (Lipinski definition) is 1. The normalized spacial score (nSPS) is 14.5. The van der Waals surface area contributed by atoms with Crippen LogP contribution in [0, 0.1) is 12.8 Å². The van der Waals surface area contributed by atoms with E-state index in [2.05, 4.69) is 47.2 Å². The molecular formula is C16H29N5. The molecule has 0 spiro atoms. The van der Waals surface area contributed by atoms with Gasteiger partial charge in [-0.15, -0.1) is 0 Å². The topological polar surface area (TPSA) is 44.3 Å². The van der Waals surface area contributed by atoms with Gasteiger partial charge in [0.1, 0.15) is 5.82 Å². The first-order valence-electron chi connectivity index (χ1n) is 8.07. The largest absolute Gasteiger partial charge is 0.356 e. The van der Waals surface area contributed by atoms with Crippen molar-refractivity contribution in [1.82, 2.24) is 14.9 Å². The van der Waals surface area contributed by atoms with Crippen LogP contribution in [0.25, 0.3) is 0 Å². The molecule has 1 N–H and O–H groups in total. The molecule has 0 saturated heterocycles. The minimum Gasteiger partial charge on any atom is -0.356 e. The molecule has 0 atom stereocenters. The van der Waals surface area contributed by atoms with Gasteiger partial charge in [0.25, 0.3) is 0 Å². The van der Waals surface area contributed by atoms with Crippen LogP contribution in [0.5, 0.6) is 0 Å². The van der Waals surface area contributed by atoms with Crippen LogP contribution < -0.4 is 10.2 Å². The highest BCUT2D eigenvalue weighted by Crippen LogP contribution is 2.31. The summed E-state index contributed by atoms with van der Waals surface area (Å²) < 4.78 is 0. The Balaban J connectivity index is 2.04. The predicted octanol–water partition coefficient (Wildman–Crippen LogP) is 2.38. The Morgan fingerprint density at radius 3 is 2.62 bits per heavy atom. The van der Waals surface area contributed by atoms with E-state index in [0.717, 1.165) is 56.0 Å². The highest BCUT2D eigenvalue weighted by atomic mass is 15.2. The molecule has 0 aliphatic heterocycles. The Bertz CT molecular complexity index is 442. The minimum absolute atomic E-state index is 0.753. The quantitative estimate of drug-likeness (QED) is 0.757. The van der Waals surface area contributed by atoms with E-state index in [-0.39, 0.29) is 0 Å². The second-order valence-electron chi connectivity index (χ2n) is 6.31. The SMILES string of the molecule is CCCN(CC1CC1)c1cc(C)nc(NCCN(C)C)n1. The maximum absolute atomic E-state index is 4.72. The Labute approximate surface area is 128 Å². The molecule has 1 aromatic rings. The van der Waals surface area contributed by atoms with E-state index in [4.69, 9.17) is 4.98 Å². The molecule has 1 fully saturated rings. The fourth-order valence-electron chi connectivity index (χ4n) is 2.37. The van der Waals surface area contributed by atoms with Crippen molar-refractivity contribution in [1.29, 1.82) is 0 Å². The predicted molar refractivity (Wildman–Crippen MR) is 89.0 cm³/mol. The summed E-state index contributed by atoms with van der Waals surface area (Å²) >= 11 is 0. The summed E-state index contributed by atoms with van der Waals surface area (Å²) in [6, 6.07) is 2.11. The molecule has 2 rings (SSSR count). The zero-order chi connectivity index (χ0) is 15.2. The van der Waals surface area contributed by atoms with Crippen LogP contribution in [-0.2, 0) is 0 Å². The van der Waals surface area contributed by atoms with Crippen molar-refractivity contribution in [2.75, 3.05) is 50.5 Å². The monoisotopic (exact) mass is 291 g/mol. The van der Waals surface area contributed by atoms with Crippen molar-refractivity contribution >= 4 is 11.8 Å². The summed E-state index contributed by atoms with van der Waals surface area (Å²) in [6.45, 7) is 8.33. The zero-order valence-corrected chi connectivity index (χ0v) is 13.9. The summed E-state index contributed by atoms with van der Waals surface area (Å²) in [6.07, 6.45) is 3.90. The lowest BCUT2D eigenvalue weighted by Crippen LogP contribution is -2.28. The molecule has 21 heavy (non-hydrogen) atoms. The summed E-state index contributed by atoms with van der Waals surface area (Å²) in [5, 5.41) is 3.33. The van der Waals surface area contributed by atoms with E-state index in [0.29, 0.717) is 0 Å². The minimum atomic E-state index is 0.753. The van der Waals surface area contributed by atoms with Gasteiger partial charge in [-0.25, -0.2) is 4.98 Å². The molecule has 0 amide bonds. The molecule has 0 aromatic carbocycles. The number of anilines is 2. The third-order valence-corrected chi connectivity index (χ3v) is 3.68. The van der Waals surface area contributed by atoms with Crippen LogP contribution in [0.1, 0.15) is 31.9 Å². The van der Waals surface area contributed by atoms with E-state index in [1.807, 2.05) is 6.92 Å². The lowest BCUT2D eigenvalue weighted by Gasteiger charge is -2.24. The molecule has 0 radical (unpaired) electrons. The summed E-state index contributed by atoms with van der Waals surface area (Å²) in [5.74, 6) is 2.70. The van der Waals surface area contributed by atoms with Gasteiger partial charge in [-0.3, -0.25) is 0 Å². The van der Waals surface area contributed by atoms with Gasteiger partial charge >= 0.3 is 0 Å². The number of hydrogen-bond acceptors (Lipinski definition) is 5. The van der Waals surface area contributed by atoms with Gasteiger partial charge < -0.3 is 15.1 Å². The average molecular weight is 291 g/mol. The van der Waals surface area contributed by atoms with Gasteiger partial charge in [-0.05, 0) is 46.2 Å². The molecule has 1 aromatic heterocycles. The van der Waals surface area contributed by atoms with E-state index in [1.54, 1.807) is 0 Å². The van der Waals surface area contributed by atoms with Gasteiger partial charge in [0, 0.05) is 37.9 Å². The third kappa shape index (κ3) is 5.50. The van der Waals surface area contributed by atoms with E-state index in [1.165, 1.54) is 12.8 Å². The van der Waals surface area contributed by atoms with Crippen molar-refractivity contribution in [3.8, 4) is 0 Å². The first-order valence-corrected chi connectivity index (χ1v) is 8.07. The van der Waals surface area contributed by atoms with Crippen molar-refractivity contribution < 1.29 is 0 Å². The molecule has 1 aliphatic carbocycles. The van der Waals surface area contributed by atoms with E-state index >= 15 is 0 Å². The van der Waals surface area contributed by atoms with E-state index < -0.39 is 0 Å². The molecule has 1 aliphatic rings. The molecule has 5 nitrogen and oxygen atoms in total. The second-order valence-corrected chi connectivity index (χ2v) is 6.31.